The molecular weight excluding hydrogens is 146 g/mol. The molecule has 0 atom stereocenters. The summed E-state index contributed by atoms with van der Waals surface area (Å²) >= 11 is 0. The quantitative estimate of drug-likeness (QED) is 0.711. The monoisotopic (exact) mass is 163 g/mol. The van der Waals surface area contributed by atoms with E-state index in [4.69, 9.17) is 5.73 Å². The van der Waals surface area contributed by atoms with Crippen LogP contribution in [0.3, 0.4) is 0 Å². The molecule has 0 aliphatic carbocycles. The molecular formula is C11H17N. The maximum Gasteiger partial charge on any atom is 0.00191 e. The van der Waals surface area contributed by atoms with Crippen LogP contribution in [0, 0.1) is 6.92 Å². The molecule has 0 bridgehead atoms. The Balaban J connectivity index is 3.03. The standard InChI is InChI=1S/C11H17N/c1-9-5-4-6-10(7-9)11(2,3)8-12/h4-7H,8,12H2,1-3H3. The molecule has 0 saturated heterocycles. The Labute approximate surface area is 74.6 Å². The molecule has 0 radical (unpaired) electrons. The first kappa shape index (κ1) is 9.27. The molecule has 2 N–H and O–H groups in total. The maximum absolute atomic E-state index is 5.69. The van der Waals surface area contributed by atoms with Gasteiger partial charge in [0, 0.05) is 12.0 Å². The molecule has 1 aromatic rings. The van der Waals surface area contributed by atoms with Crippen LogP contribution in [0.4, 0.5) is 0 Å². The topological polar surface area (TPSA) is 26.0 Å². The SMILES string of the molecule is Cc1cccc(C(C)(C)CN)c1. The number of nitrogens with two attached hydrogens (primary N) is 1. The van der Waals surface area contributed by atoms with Crippen molar-refractivity contribution in [2.75, 3.05) is 6.54 Å². The first-order valence-corrected chi connectivity index (χ1v) is 4.33. The molecule has 0 spiro atoms. The van der Waals surface area contributed by atoms with Gasteiger partial charge in [-0.25, -0.2) is 0 Å². The number of benzene rings is 1. The highest BCUT2D eigenvalue weighted by atomic mass is 14.6. The van der Waals surface area contributed by atoms with Gasteiger partial charge in [-0.2, -0.15) is 0 Å². The third-order valence-corrected chi connectivity index (χ3v) is 2.31. The van der Waals surface area contributed by atoms with Crippen LogP contribution >= 0.6 is 0 Å². The lowest BCUT2D eigenvalue weighted by atomic mass is 9.84. The van der Waals surface area contributed by atoms with Crippen LogP contribution in [0.5, 0.6) is 0 Å². The molecule has 12 heavy (non-hydrogen) atoms. The molecule has 0 fully saturated rings. The highest BCUT2D eigenvalue weighted by molar-refractivity contribution is 5.28. The molecule has 1 aromatic carbocycles. The molecule has 0 aliphatic heterocycles. The summed E-state index contributed by atoms with van der Waals surface area (Å²) in [6.45, 7) is 7.14. The molecule has 1 heteroatoms. The number of aryl methyl sites for hydroxylation is 1. The Hall–Kier alpha value is -0.820. The van der Waals surface area contributed by atoms with Crippen LogP contribution < -0.4 is 5.73 Å². The van der Waals surface area contributed by atoms with E-state index >= 15 is 0 Å². The zero-order valence-electron chi connectivity index (χ0n) is 8.09. The fourth-order valence-corrected chi connectivity index (χ4v) is 1.18. The van der Waals surface area contributed by atoms with Gasteiger partial charge in [0.2, 0.25) is 0 Å². The lowest BCUT2D eigenvalue weighted by molar-refractivity contribution is 0.538. The van der Waals surface area contributed by atoms with Crippen molar-refractivity contribution >= 4 is 0 Å². The fraction of sp³-hybridized carbons (Fsp3) is 0.455. The van der Waals surface area contributed by atoms with Gasteiger partial charge >= 0.3 is 0 Å². The average molecular weight is 163 g/mol. The van der Waals surface area contributed by atoms with Crippen LogP contribution in [0.2, 0.25) is 0 Å². The summed E-state index contributed by atoms with van der Waals surface area (Å²) in [6.07, 6.45) is 0. The van der Waals surface area contributed by atoms with E-state index < -0.39 is 0 Å². The minimum Gasteiger partial charge on any atom is -0.330 e. The van der Waals surface area contributed by atoms with Gasteiger partial charge in [-0.15, -0.1) is 0 Å². The van der Waals surface area contributed by atoms with Crippen molar-refractivity contribution in [2.24, 2.45) is 5.73 Å². The van der Waals surface area contributed by atoms with Gasteiger partial charge < -0.3 is 5.73 Å². The van der Waals surface area contributed by atoms with Gasteiger partial charge in [-0.3, -0.25) is 0 Å². The molecule has 0 aliphatic rings. The van der Waals surface area contributed by atoms with Crippen LogP contribution in [0.1, 0.15) is 25.0 Å². The predicted molar refractivity (Wildman–Crippen MR) is 53.3 cm³/mol. The highest BCUT2D eigenvalue weighted by Gasteiger charge is 2.17. The molecule has 0 aromatic heterocycles. The summed E-state index contributed by atoms with van der Waals surface area (Å²) in [5.41, 5.74) is 8.42. The molecule has 66 valence electrons. The maximum atomic E-state index is 5.69. The Morgan fingerprint density at radius 3 is 2.50 bits per heavy atom. The minimum atomic E-state index is 0.103. The van der Waals surface area contributed by atoms with Crippen molar-refractivity contribution < 1.29 is 0 Å². The van der Waals surface area contributed by atoms with Crippen molar-refractivity contribution in [1.82, 2.24) is 0 Å². The second-order valence-electron chi connectivity index (χ2n) is 3.96. The minimum absolute atomic E-state index is 0.103. The average Bonchev–Trinajstić information content (AvgIpc) is 2.05. The van der Waals surface area contributed by atoms with Crippen LogP contribution in [0.15, 0.2) is 24.3 Å². The normalized spacial score (nSPS) is 11.7. The molecule has 0 heterocycles. The first-order chi connectivity index (χ1) is 5.56. The van der Waals surface area contributed by atoms with Crippen LogP contribution in [-0.4, -0.2) is 6.54 Å². The van der Waals surface area contributed by atoms with Gasteiger partial charge in [0.25, 0.3) is 0 Å². The van der Waals surface area contributed by atoms with Crippen molar-refractivity contribution in [1.29, 1.82) is 0 Å². The molecule has 0 saturated carbocycles. The summed E-state index contributed by atoms with van der Waals surface area (Å²) in [4.78, 5) is 0. The molecule has 0 unspecified atom stereocenters. The lowest BCUT2D eigenvalue weighted by Crippen LogP contribution is -2.27. The largest absolute Gasteiger partial charge is 0.330 e. The van der Waals surface area contributed by atoms with Crippen molar-refractivity contribution in [3.63, 3.8) is 0 Å². The van der Waals surface area contributed by atoms with E-state index in [0.29, 0.717) is 6.54 Å². The Morgan fingerprint density at radius 2 is 2.00 bits per heavy atom. The smallest absolute Gasteiger partial charge is 0.00191 e. The highest BCUT2D eigenvalue weighted by Crippen LogP contribution is 2.21. The van der Waals surface area contributed by atoms with Crippen molar-refractivity contribution in [3.05, 3.63) is 35.4 Å². The predicted octanol–water partition coefficient (Wildman–Crippen LogP) is 2.23. The van der Waals surface area contributed by atoms with E-state index in [0.717, 1.165) is 0 Å². The molecule has 1 nitrogen and oxygen atoms in total. The number of hydrogen-bond acceptors (Lipinski definition) is 1. The Morgan fingerprint density at radius 1 is 1.33 bits per heavy atom. The Kier molecular flexibility index (Phi) is 2.53. The summed E-state index contributed by atoms with van der Waals surface area (Å²) < 4.78 is 0. The van der Waals surface area contributed by atoms with E-state index in [1.807, 2.05) is 0 Å². The van der Waals surface area contributed by atoms with Gasteiger partial charge in [-0.1, -0.05) is 43.7 Å². The molecule has 0 amide bonds. The zero-order chi connectivity index (χ0) is 9.19. The van der Waals surface area contributed by atoms with E-state index in [9.17, 15) is 0 Å². The van der Waals surface area contributed by atoms with E-state index in [2.05, 4.69) is 45.0 Å². The van der Waals surface area contributed by atoms with Crippen LogP contribution in [0.25, 0.3) is 0 Å². The number of rotatable bonds is 2. The summed E-state index contributed by atoms with van der Waals surface area (Å²) in [6, 6.07) is 8.53. The van der Waals surface area contributed by atoms with Gasteiger partial charge in [-0.05, 0) is 12.5 Å². The van der Waals surface area contributed by atoms with E-state index in [1.54, 1.807) is 0 Å². The third kappa shape index (κ3) is 1.86. The fourth-order valence-electron chi connectivity index (χ4n) is 1.18. The summed E-state index contributed by atoms with van der Waals surface area (Å²) in [5, 5.41) is 0. The third-order valence-electron chi connectivity index (χ3n) is 2.31. The molecule has 1 rings (SSSR count). The first-order valence-electron chi connectivity index (χ1n) is 4.33. The zero-order valence-corrected chi connectivity index (χ0v) is 8.09. The van der Waals surface area contributed by atoms with Crippen molar-refractivity contribution in [2.45, 2.75) is 26.2 Å². The van der Waals surface area contributed by atoms with Crippen LogP contribution in [-0.2, 0) is 5.41 Å². The lowest BCUT2D eigenvalue weighted by Gasteiger charge is -2.23. The van der Waals surface area contributed by atoms with Crippen molar-refractivity contribution in [3.8, 4) is 0 Å². The number of hydrogen-bond donors (Lipinski definition) is 1. The Bertz CT molecular complexity index is 263. The van der Waals surface area contributed by atoms with Gasteiger partial charge in [0.05, 0.1) is 0 Å². The second kappa shape index (κ2) is 3.28. The van der Waals surface area contributed by atoms with E-state index in [-0.39, 0.29) is 5.41 Å². The second-order valence-corrected chi connectivity index (χ2v) is 3.96. The summed E-state index contributed by atoms with van der Waals surface area (Å²) in [7, 11) is 0. The summed E-state index contributed by atoms with van der Waals surface area (Å²) in [5.74, 6) is 0. The van der Waals surface area contributed by atoms with Gasteiger partial charge in [0.1, 0.15) is 0 Å². The van der Waals surface area contributed by atoms with Gasteiger partial charge in [0.15, 0.2) is 0 Å². The van der Waals surface area contributed by atoms with E-state index in [1.165, 1.54) is 11.1 Å².